The molecule has 0 unspecified atom stereocenters. The lowest BCUT2D eigenvalue weighted by atomic mass is 9.69. The molecule has 0 radical (unpaired) electrons. The van der Waals surface area contributed by atoms with E-state index in [-0.39, 0.29) is 5.41 Å². The van der Waals surface area contributed by atoms with E-state index in [1.165, 1.54) is 24.8 Å². The molecule has 1 heterocycles. The molecule has 0 aliphatic heterocycles. The Kier molecular flexibility index (Phi) is 6.78. The lowest BCUT2D eigenvalue weighted by molar-refractivity contribution is 0.292. The van der Waals surface area contributed by atoms with Crippen LogP contribution in [0, 0.1) is 0 Å². The molecule has 1 saturated carbocycles. The van der Waals surface area contributed by atoms with Crippen LogP contribution in [0.5, 0.6) is 0 Å². The fourth-order valence-electron chi connectivity index (χ4n) is 3.52. The average molecular weight is 473 g/mol. The number of nitrogens with zero attached hydrogens (tertiary/aromatic N) is 1. The van der Waals surface area contributed by atoms with Gasteiger partial charge >= 0.3 is 0 Å². The first kappa shape index (κ1) is 19.9. The van der Waals surface area contributed by atoms with Gasteiger partial charge in [-0.05, 0) is 64.8 Å². The Hall–Kier alpha value is -0.880. The van der Waals surface area contributed by atoms with Crippen LogP contribution in [0.4, 0.5) is 5.82 Å². The monoisotopic (exact) mass is 471 g/mol. The summed E-state index contributed by atoms with van der Waals surface area (Å²) in [6.45, 7) is 0.757. The molecule has 2 N–H and O–H groups in total. The Bertz CT molecular complexity index is 794. The number of rotatable bonds is 4. The van der Waals surface area contributed by atoms with Crippen molar-refractivity contribution in [2.24, 2.45) is 0 Å². The maximum Gasteiger partial charge on any atom is 0.172 e. The lowest BCUT2D eigenvalue weighted by Gasteiger charge is -2.38. The molecule has 7 heteroatoms. The van der Waals surface area contributed by atoms with E-state index in [1.54, 1.807) is 12.3 Å². The number of aromatic nitrogens is 1. The minimum atomic E-state index is 0.0474. The fraction of sp³-hybridized carbons (Fsp3) is 0.368. The number of nitrogens with one attached hydrogen (secondary N) is 2. The van der Waals surface area contributed by atoms with Gasteiger partial charge in [-0.25, -0.2) is 4.98 Å². The van der Waals surface area contributed by atoms with Crippen molar-refractivity contribution < 1.29 is 0 Å². The first-order valence-electron chi connectivity index (χ1n) is 8.60. The van der Waals surface area contributed by atoms with Gasteiger partial charge in [0.25, 0.3) is 0 Å². The molecule has 3 rings (SSSR count). The van der Waals surface area contributed by atoms with Crippen molar-refractivity contribution in [1.29, 1.82) is 0 Å². The van der Waals surface area contributed by atoms with Gasteiger partial charge in [0.15, 0.2) is 10.9 Å². The highest BCUT2D eigenvalue weighted by atomic mass is 79.9. The summed E-state index contributed by atoms with van der Waals surface area (Å²) in [5.74, 6) is 0.549. The Labute approximate surface area is 178 Å². The largest absolute Gasteiger partial charge is 0.362 e. The predicted molar refractivity (Wildman–Crippen MR) is 117 cm³/mol. The number of thiocarbonyl (C=S) groups is 1. The molecule has 0 bridgehead atoms. The van der Waals surface area contributed by atoms with Crippen molar-refractivity contribution >= 4 is 62.3 Å². The van der Waals surface area contributed by atoms with Crippen LogP contribution in [0.1, 0.15) is 37.7 Å². The van der Waals surface area contributed by atoms with Gasteiger partial charge in [-0.15, -0.1) is 0 Å². The van der Waals surface area contributed by atoms with Gasteiger partial charge < -0.3 is 10.6 Å². The van der Waals surface area contributed by atoms with Crippen molar-refractivity contribution in [3.05, 3.63) is 56.6 Å². The standard InChI is InChI=1S/C19H20BrCl2N3S/c20-14-10-16(22)17(23-11-14)25-18(26)24-12-19(7-2-1-3-8-19)13-5-4-6-15(21)9-13/h4-6,9-11H,1-3,7-8,12H2,(H2,23,24,25,26). The Morgan fingerprint density at radius 3 is 2.65 bits per heavy atom. The van der Waals surface area contributed by atoms with E-state index in [2.05, 4.69) is 43.7 Å². The van der Waals surface area contributed by atoms with E-state index >= 15 is 0 Å². The van der Waals surface area contributed by atoms with Crippen molar-refractivity contribution in [1.82, 2.24) is 10.3 Å². The van der Waals surface area contributed by atoms with Crippen molar-refractivity contribution in [2.75, 3.05) is 11.9 Å². The molecule has 1 aliphatic rings. The highest BCUT2D eigenvalue weighted by Gasteiger charge is 2.34. The molecule has 1 fully saturated rings. The molecular formula is C19H20BrCl2N3S. The third-order valence-electron chi connectivity index (χ3n) is 4.87. The van der Waals surface area contributed by atoms with Crippen LogP contribution in [0.2, 0.25) is 10.0 Å². The summed E-state index contributed by atoms with van der Waals surface area (Å²) in [6.07, 6.45) is 7.65. The lowest BCUT2D eigenvalue weighted by Crippen LogP contribution is -2.43. The molecule has 0 spiro atoms. The SMILES string of the molecule is S=C(NCC1(c2cccc(Cl)c2)CCCCC1)Nc1ncc(Br)cc1Cl. The number of hydrogen-bond donors (Lipinski definition) is 2. The highest BCUT2D eigenvalue weighted by Crippen LogP contribution is 2.39. The Morgan fingerprint density at radius 2 is 1.96 bits per heavy atom. The van der Waals surface area contributed by atoms with E-state index in [4.69, 9.17) is 35.4 Å². The summed E-state index contributed by atoms with van der Waals surface area (Å²) in [5, 5.41) is 8.27. The second kappa shape index (κ2) is 8.87. The summed E-state index contributed by atoms with van der Waals surface area (Å²) in [4.78, 5) is 4.26. The summed E-state index contributed by atoms with van der Waals surface area (Å²) in [6, 6.07) is 9.98. The minimum Gasteiger partial charge on any atom is -0.362 e. The zero-order valence-corrected chi connectivity index (χ0v) is 18.1. The molecule has 0 atom stereocenters. The van der Waals surface area contributed by atoms with Crippen molar-refractivity contribution in [3.8, 4) is 0 Å². The maximum absolute atomic E-state index is 6.24. The highest BCUT2D eigenvalue weighted by molar-refractivity contribution is 9.10. The van der Waals surface area contributed by atoms with E-state index in [0.717, 1.165) is 28.9 Å². The molecule has 0 saturated heterocycles. The van der Waals surface area contributed by atoms with E-state index in [0.29, 0.717) is 16.0 Å². The first-order valence-corrected chi connectivity index (χ1v) is 10.6. The summed E-state index contributed by atoms with van der Waals surface area (Å²) >= 11 is 21.3. The van der Waals surface area contributed by atoms with Crippen molar-refractivity contribution in [2.45, 2.75) is 37.5 Å². The summed E-state index contributed by atoms with van der Waals surface area (Å²) < 4.78 is 0.828. The second-order valence-electron chi connectivity index (χ2n) is 6.64. The molecule has 138 valence electrons. The zero-order valence-electron chi connectivity index (χ0n) is 14.2. The number of halogens is 3. The Balaban J connectivity index is 1.70. The van der Waals surface area contributed by atoms with Gasteiger partial charge in [0.05, 0.1) is 5.02 Å². The average Bonchev–Trinajstić information content (AvgIpc) is 2.63. The molecular weight excluding hydrogens is 453 g/mol. The smallest absolute Gasteiger partial charge is 0.172 e. The van der Waals surface area contributed by atoms with Gasteiger partial charge in [0.2, 0.25) is 0 Å². The summed E-state index contributed by atoms with van der Waals surface area (Å²) in [7, 11) is 0. The van der Waals surface area contributed by atoms with E-state index in [1.807, 2.05) is 12.1 Å². The third kappa shape index (κ3) is 4.89. The van der Waals surface area contributed by atoms with Gasteiger partial charge in [-0.3, -0.25) is 0 Å². The molecule has 1 aromatic carbocycles. The predicted octanol–water partition coefficient (Wildman–Crippen LogP) is 6.34. The second-order valence-corrected chi connectivity index (χ2v) is 8.81. The van der Waals surface area contributed by atoms with E-state index < -0.39 is 0 Å². The van der Waals surface area contributed by atoms with Crippen LogP contribution in [0.25, 0.3) is 0 Å². The first-order chi connectivity index (χ1) is 12.5. The number of hydrogen-bond acceptors (Lipinski definition) is 2. The zero-order chi connectivity index (χ0) is 18.6. The molecule has 3 nitrogen and oxygen atoms in total. The van der Waals surface area contributed by atoms with E-state index in [9.17, 15) is 0 Å². The van der Waals surface area contributed by atoms with Crippen LogP contribution in [0.15, 0.2) is 41.0 Å². The van der Waals surface area contributed by atoms with Gasteiger partial charge in [-0.2, -0.15) is 0 Å². The molecule has 1 aliphatic carbocycles. The topological polar surface area (TPSA) is 37.0 Å². The van der Waals surface area contributed by atoms with Crippen LogP contribution < -0.4 is 10.6 Å². The minimum absolute atomic E-state index is 0.0474. The third-order valence-corrected chi connectivity index (χ3v) is 6.08. The van der Waals surface area contributed by atoms with Gasteiger partial charge in [-0.1, -0.05) is 54.6 Å². The fourth-order valence-corrected chi connectivity index (χ4v) is 4.56. The normalized spacial score (nSPS) is 16.1. The van der Waals surface area contributed by atoms with Crippen molar-refractivity contribution in [3.63, 3.8) is 0 Å². The van der Waals surface area contributed by atoms with Gasteiger partial charge in [0, 0.05) is 27.7 Å². The number of pyridine rings is 1. The summed E-state index contributed by atoms with van der Waals surface area (Å²) in [5.41, 5.74) is 1.33. The maximum atomic E-state index is 6.24. The quantitative estimate of drug-likeness (QED) is 0.509. The molecule has 2 aromatic rings. The molecule has 26 heavy (non-hydrogen) atoms. The molecule has 1 aromatic heterocycles. The number of anilines is 1. The van der Waals surface area contributed by atoms with Crippen LogP contribution in [0.3, 0.4) is 0 Å². The number of benzene rings is 1. The van der Waals surface area contributed by atoms with Gasteiger partial charge in [0.1, 0.15) is 0 Å². The van der Waals surface area contributed by atoms with Crippen LogP contribution in [-0.4, -0.2) is 16.6 Å². The van der Waals surface area contributed by atoms with Crippen LogP contribution >= 0.6 is 51.3 Å². The Morgan fingerprint density at radius 1 is 1.19 bits per heavy atom. The molecule has 0 amide bonds. The van der Waals surface area contributed by atoms with Crippen LogP contribution in [-0.2, 0) is 5.41 Å².